The summed E-state index contributed by atoms with van der Waals surface area (Å²) in [7, 11) is -3.77. The van der Waals surface area contributed by atoms with Gasteiger partial charge in [0.2, 0.25) is 15.9 Å². The van der Waals surface area contributed by atoms with Crippen LogP contribution in [0, 0.1) is 10.1 Å². The smallest absolute Gasteiger partial charge is 0.292 e. The Balaban J connectivity index is 3.06. The maximum atomic E-state index is 12.0. The van der Waals surface area contributed by atoms with Crippen molar-refractivity contribution in [2.45, 2.75) is 26.7 Å². The van der Waals surface area contributed by atoms with Crippen molar-refractivity contribution in [1.29, 1.82) is 0 Å². The number of nitro groups is 1. The predicted molar refractivity (Wildman–Crippen MR) is 83.6 cm³/mol. The summed E-state index contributed by atoms with van der Waals surface area (Å²) in [4.78, 5) is 33.2. The van der Waals surface area contributed by atoms with E-state index in [0.717, 1.165) is 25.1 Å². The third-order valence-corrected chi connectivity index (χ3v) is 4.10. The molecule has 0 heterocycles. The summed E-state index contributed by atoms with van der Waals surface area (Å²) in [6.07, 6.45) is 1.05. The van der Waals surface area contributed by atoms with Crippen molar-refractivity contribution in [2.24, 2.45) is 0 Å². The normalized spacial score (nSPS) is 10.9. The lowest BCUT2D eigenvalue weighted by Crippen LogP contribution is -2.32. The summed E-state index contributed by atoms with van der Waals surface area (Å²) >= 11 is 0. The van der Waals surface area contributed by atoms with Crippen molar-refractivity contribution in [2.75, 3.05) is 11.1 Å². The van der Waals surface area contributed by atoms with E-state index in [2.05, 4.69) is 5.32 Å². The standard InChI is InChI=1S/C13H17N3O6S/c1-3-4-7-23(21,22)15-13(18)10-5-6-12(16(19)20)11(8-10)14-9(2)17/h5-6,8H,3-4,7H2,1-2H3,(H,14,17)(H,15,18). The number of amides is 2. The van der Waals surface area contributed by atoms with Gasteiger partial charge in [0.05, 0.1) is 10.7 Å². The Hall–Kier alpha value is -2.49. The molecule has 0 fully saturated rings. The second kappa shape index (κ2) is 7.68. The molecule has 0 unspecified atom stereocenters. The highest BCUT2D eigenvalue weighted by atomic mass is 32.2. The van der Waals surface area contributed by atoms with Crippen molar-refractivity contribution in [3.8, 4) is 0 Å². The van der Waals surface area contributed by atoms with Crippen LogP contribution in [0.15, 0.2) is 18.2 Å². The van der Waals surface area contributed by atoms with Gasteiger partial charge in [0.25, 0.3) is 11.6 Å². The lowest BCUT2D eigenvalue weighted by atomic mass is 10.1. The zero-order valence-corrected chi connectivity index (χ0v) is 13.5. The van der Waals surface area contributed by atoms with Gasteiger partial charge in [-0.05, 0) is 18.6 Å². The van der Waals surface area contributed by atoms with Crippen molar-refractivity contribution < 1.29 is 22.9 Å². The second-order valence-electron chi connectivity index (χ2n) is 4.77. The summed E-state index contributed by atoms with van der Waals surface area (Å²) in [5, 5.41) is 13.1. The van der Waals surface area contributed by atoms with E-state index in [1.54, 1.807) is 0 Å². The number of hydrogen-bond acceptors (Lipinski definition) is 6. The first kappa shape index (κ1) is 18.6. The summed E-state index contributed by atoms with van der Waals surface area (Å²) in [5.74, 6) is -1.66. The zero-order chi connectivity index (χ0) is 17.6. The molecule has 2 amide bonds. The molecule has 1 aromatic rings. The molecular formula is C13H17N3O6S. The Morgan fingerprint density at radius 2 is 1.96 bits per heavy atom. The van der Waals surface area contributed by atoms with Crippen LogP contribution in [0.1, 0.15) is 37.0 Å². The Labute approximate surface area is 133 Å². The maximum Gasteiger partial charge on any atom is 0.292 e. The minimum Gasteiger partial charge on any atom is -0.321 e. The van der Waals surface area contributed by atoms with Crippen LogP contribution in [0.5, 0.6) is 0 Å². The molecule has 0 radical (unpaired) electrons. The number of unbranched alkanes of at least 4 members (excludes halogenated alkanes) is 1. The van der Waals surface area contributed by atoms with Gasteiger partial charge < -0.3 is 5.32 Å². The minimum absolute atomic E-state index is 0.112. The Morgan fingerprint density at radius 1 is 1.30 bits per heavy atom. The number of nitro benzene ring substituents is 1. The van der Waals surface area contributed by atoms with Crippen molar-refractivity contribution in [3.63, 3.8) is 0 Å². The van der Waals surface area contributed by atoms with Crippen molar-refractivity contribution in [3.05, 3.63) is 33.9 Å². The van der Waals surface area contributed by atoms with Gasteiger partial charge in [-0.1, -0.05) is 13.3 Å². The van der Waals surface area contributed by atoms with Crippen LogP contribution in [-0.2, 0) is 14.8 Å². The Kier molecular flexibility index (Phi) is 6.19. The average Bonchev–Trinajstić information content (AvgIpc) is 2.43. The fraction of sp³-hybridized carbons (Fsp3) is 0.385. The molecule has 0 aliphatic heterocycles. The molecule has 0 aliphatic rings. The molecule has 1 aromatic carbocycles. The Morgan fingerprint density at radius 3 is 2.48 bits per heavy atom. The molecule has 1 rings (SSSR count). The van der Waals surface area contributed by atoms with E-state index in [-0.39, 0.29) is 17.0 Å². The first-order valence-corrected chi connectivity index (χ1v) is 8.42. The van der Waals surface area contributed by atoms with E-state index in [9.17, 15) is 28.1 Å². The fourth-order valence-corrected chi connectivity index (χ4v) is 2.88. The van der Waals surface area contributed by atoms with E-state index in [1.807, 2.05) is 11.6 Å². The highest BCUT2D eigenvalue weighted by molar-refractivity contribution is 7.90. The van der Waals surface area contributed by atoms with Crippen LogP contribution in [0.4, 0.5) is 11.4 Å². The largest absolute Gasteiger partial charge is 0.321 e. The Bertz CT molecular complexity index is 729. The van der Waals surface area contributed by atoms with Crippen LogP contribution in [-0.4, -0.2) is 30.9 Å². The lowest BCUT2D eigenvalue weighted by Gasteiger charge is -2.08. The molecular weight excluding hydrogens is 326 g/mol. The predicted octanol–water partition coefficient (Wildman–Crippen LogP) is 1.41. The number of hydrogen-bond donors (Lipinski definition) is 2. The molecule has 0 bridgehead atoms. The molecule has 2 N–H and O–H groups in total. The molecule has 126 valence electrons. The summed E-state index contributed by atoms with van der Waals surface area (Å²) in [6, 6.07) is 3.21. The van der Waals surface area contributed by atoms with Crippen LogP contribution >= 0.6 is 0 Å². The monoisotopic (exact) mass is 343 g/mol. The van der Waals surface area contributed by atoms with Gasteiger partial charge in [0, 0.05) is 18.6 Å². The quantitative estimate of drug-likeness (QED) is 0.567. The van der Waals surface area contributed by atoms with E-state index in [0.29, 0.717) is 12.8 Å². The lowest BCUT2D eigenvalue weighted by molar-refractivity contribution is -0.383. The first-order valence-electron chi connectivity index (χ1n) is 6.77. The number of anilines is 1. The van der Waals surface area contributed by atoms with Crippen molar-refractivity contribution >= 4 is 33.2 Å². The average molecular weight is 343 g/mol. The van der Waals surface area contributed by atoms with Gasteiger partial charge >= 0.3 is 0 Å². The van der Waals surface area contributed by atoms with Crippen LogP contribution < -0.4 is 10.0 Å². The molecule has 0 spiro atoms. The van der Waals surface area contributed by atoms with E-state index in [1.165, 1.54) is 0 Å². The van der Waals surface area contributed by atoms with Gasteiger partial charge in [-0.3, -0.25) is 19.7 Å². The summed E-state index contributed by atoms with van der Waals surface area (Å²) in [6.45, 7) is 2.97. The number of nitrogens with one attached hydrogen (secondary N) is 2. The SMILES string of the molecule is CCCCS(=O)(=O)NC(=O)c1ccc([N+](=O)[O-])c(NC(C)=O)c1. The van der Waals surface area contributed by atoms with Crippen LogP contribution in [0.2, 0.25) is 0 Å². The van der Waals surface area contributed by atoms with Gasteiger partial charge in [0.15, 0.2) is 0 Å². The van der Waals surface area contributed by atoms with Gasteiger partial charge in [-0.2, -0.15) is 0 Å². The molecule has 23 heavy (non-hydrogen) atoms. The molecule has 9 nitrogen and oxygen atoms in total. The molecule has 0 aromatic heterocycles. The fourth-order valence-electron chi connectivity index (χ4n) is 1.71. The molecule has 0 aliphatic carbocycles. The van der Waals surface area contributed by atoms with E-state index in [4.69, 9.17) is 0 Å². The zero-order valence-electron chi connectivity index (χ0n) is 12.7. The maximum absolute atomic E-state index is 12.0. The summed E-state index contributed by atoms with van der Waals surface area (Å²) < 4.78 is 25.3. The van der Waals surface area contributed by atoms with Gasteiger partial charge in [-0.25, -0.2) is 13.1 Å². The minimum atomic E-state index is -3.77. The second-order valence-corrected chi connectivity index (χ2v) is 6.62. The first-order chi connectivity index (χ1) is 10.7. The number of rotatable bonds is 7. The number of carbonyl (C=O) groups is 2. The molecule has 0 saturated heterocycles. The highest BCUT2D eigenvalue weighted by Crippen LogP contribution is 2.25. The molecule has 0 saturated carbocycles. The van der Waals surface area contributed by atoms with E-state index < -0.39 is 32.4 Å². The van der Waals surface area contributed by atoms with Gasteiger partial charge in [-0.15, -0.1) is 0 Å². The third kappa shape index (κ3) is 5.66. The van der Waals surface area contributed by atoms with E-state index >= 15 is 0 Å². The number of benzene rings is 1. The summed E-state index contributed by atoms with van der Waals surface area (Å²) in [5.41, 5.74) is -0.689. The topological polar surface area (TPSA) is 135 Å². The van der Waals surface area contributed by atoms with Gasteiger partial charge in [0.1, 0.15) is 5.69 Å². The van der Waals surface area contributed by atoms with Crippen LogP contribution in [0.3, 0.4) is 0 Å². The molecule has 0 atom stereocenters. The number of nitrogens with zero attached hydrogens (tertiary/aromatic N) is 1. The number of carbonyl (C=O) groups excluding carboxylic acids is 2. The highest BCUT2D eigenvalue weighted by Gasteiger charge is 2.20. The number of sulfonamides is 1. The molecule has 10 heteroatoms. The van der Waals surface area contributed by atoms with Crippen LogP contribution in [0.25, 0.3) is 0 Å². The van der Waals surface area contributed by atoms with Crippen molar-refractivity contribution in [1.82, 2.24) is 4.72 Å². The third-order valence-electron chi connectivity index (χ3n) is 2.78.